The number of rotatable bonds is 11. The van der Waals surface area contributed by atoms with Crippen LogP contribution < -0.4 is 10.4 Å². The van der Waals surface area contributed by atoms with Crippen molar-refractivity contribution in [3.8, 4) is 11.1 Å². The Hall–Kier alpha value is -2.79. The molecule has 3 N–H and O–H groups in total. The lowest BCUT2D eigenvalue weighted by Gasteiger charge is -2.27. The van der Waals surface area contributed by atoms with E-state index in [1.807, 2.05) is 6.20 Å². The summed E-state index contributed by atoms with van der Waals surface area (Å²) in [6.07, 6.45) is 6.37. The van der Waals surface area contributed by atoms with Crippen molar-refractivity contribution in [2.45, 2.75) is 46.0 Å². The molecule has 0 unspecified atom stereocenters. The number of hydroxylamine groups is 1. The number of nitrogens with one attached hydrogen (secondary N) is 2. The fourth-order valence-corrected chi connectivity index (χ4v) is 3.86. The monoisotopic (exact) mass is 407 g/mol. The van der Waals surface area contributed by atoms with Crippen LogP contribution in [-0.4, -0.2) is 29.2 Å². The predicted octanol–water partition coefficient (Wildman–Crippen LogP) is 5.75. The molecule has 1 amide bonds. The Kier molecular flexibility index (Phi) is 7.91. The zero-order valence-electron chi connectivity index (χ0n) is 18.0. The van der Waals surface area contributed by atoms with Crippen molar-refractivity contribution in [2.24, 2.45) is 5.92 Å². The summed E-state index contributed by atoms with van der Waals surface area (Å²) in [6, 6.07) is 17.5. The number of H-pyrrole nitrogens is 1. The molecule has 160 valence electrons. The normalized spacial score (nSPS) is 11.2. The number of amides is 1. The maximum atomic E-state index is 11.1. The van der Waals surface area contributed by atoms with E-state index < -0.39 is 0 Å². The van der Waals surface area contributed by atoms with Gasteiger partial charge in [0.1, 0.15) is 0 Å². The highest BCUT2D eigenvalue weighted by Gasteiger charge is 2.10. The van der Waals surface area contributed by atoms with Crippen LogP contribution in [0, 0.1) is 5.92 Å². The summed E-state index contributed by atoms with van der Waals surface area (Å²) in [5.41, 5.74) is 6.56. The molecule has 1 aromatic heterocycles. The van der Waals surface area contributed by atoms with Crippen LogP contribution in [0.2, 0.25) is 0 Å². The topological polar surface area (TPSA) is 68.4 Å². The van der Waals surface area contributed by atoms with E-state index in [9.17, 15) is 4.79 Å². The van der Waals surface area contributed by atoms with Crippen molar-refractivity contribution in [3.63, 3.8) is 0 Å². The van der Waals surface area contributed by atoms with Gasteiger partial charge in [0.25, 0.3) is 0 Å². The third-order valence-electron chi connectivity index (χ3n) is 5.41. The van der Waals surface area contributed by atoms with Crippen molar-refractivity contribution in [2.75, 3.05) is 18.0 Å². The first kappa shape index (κ1) is 21.9. The Morgan fingerprint density at radius 3 is 2.47 bits per heavy atom. The van der Waals surface area contributed by atoms with Gasteiger partial charge < -0.3 is 9.88 Å². The molecule has 3 rings (SSSR count). The zero-order chi connectivity index (χ0) is 21.3. The summed E-state index contributed by atoms with van der Waals surface area (Å²) < 4.78 is 0. The number of unbranched alkanes of at least 4 members (excludes halogenated alkanes) is 3. The Labute approximate surface area is 179 Å². The van der Waals surface area contributed by atoms with Crippen molar-refractivity contribution >= 4 is 22.5 Å². The molecule has 0 aliphatic heterocycles. The molecule has 0 fully saturated rings. The van der Waals surface area contributed by atoms with Gasteiger partial charge in [-0.05, 0) is 59.5 Å². The van der Waals surface area contributed by atoms with E-state index in [0.717, 1.165) is 44.3 Å². The second-order valence-electron chi connectivity index (χ2n) is 8.37. The SMILES string of the molecule is CC(C)CN(CCCCCCC(=O)NO)c1ccc(-c2ccc3cc[nH]c3c2)cc1. The first-order valence-electron chi connectivity index (χ1n) is 10.9. The molecular weight excluding hydrogens is 374 g/mol. The number of anilines is 1. The smallest absolute Gasteiger partial charge is 0.243 e. The van der Waals surface area contributed by atoms with Gasteiger partial charge in [-0.3, -0.25) is 10.0 Å². The molecular formula is C25H33N3O2. The Balaban J connectivity index is 1.59. The van der Waals surface area contributed by atoms with Gasteiger partial charge >= 0.3 is 0 Å². The minimum absolute atomic E-state index is 0.299. The molecule has 30 heavy (non-hydrogen) atoms. The van der Waals surface area contributed by atoms with Crippen LogP contribution in [0.15, 0.2) is 54.7 Å². The second-order valence-corrected chi connectivity index (χ2v) is 8.37. The first-order chi connectivity index (χ1) is 14.6. The van der Waals surface area contributed by atoms with E-state index >= 15 is 0 Å². The van der Waals surface area contributed by atoms with E-state index in [1.165, 1.54) is 22.2 Å². The van der Waals surface area contributed by atoms with Gasteiger partial charge in [0, 0.05) is 36.9 Å². The first-order valence-corrected chi connectivity index (χ1v) is 10.9. The summed E-state index contributed by atoms with van der Waals surface area (Å²) in [4.78, 5) is 16.8. The summed E-state index contributed by atoms with van der Waals surface area (Å²) in [6.45, 7) is 6.54. The number of hydrogen-bond acceptors (Lipinski definition) is 3. The van der Waals surface area contributed by atoms with E-state index in [4.69, 9.17) is 5.21 Å². The molecule has 0 saturated carbocycles. The van der Waals surface area contributed by atoms with Gasteiger partial charge in [-0.1, -0.05) is 51.0 Å². The molecule has 0 spiro atoms. The molecule has 1 heterocycles. The molecule has 0 aliphatic carbocycles. The van der Waals surface area contributed by atoms with Crippen molar-refractivity contribution in [1.82, 2.24) is 10.5 Å². The van der Waals surface area contributed by atoms with Gasteiger partial charge in [-0.25, -0.2) is 5.48 Å². The number of benzene rings is 2. The van der Waals surface area contributed by atoms with Gasteiger partial charge in [-0.15, -0.1) is 0 Å². The van der Waals surface area contributed by atoms with Crippen molar-refractivity contribution in [3.05, 3.63) is 54.7 Å². The lowest BCUT2D eigenvalue weighted by molar-refractivity contribution is -0.129. The van der Waals surface area contributed by atoms with Gasteiger partial charge in [0.2, 0.25) is 5.91 Å². The van der Waals surface area contributed by atoms with Crippen LogP contribution in [0.3, 0.4) is 0 Å². The number of aromatic amines is 1. The highest BCUT2D eigenvalue weighted by Crippen LogP contribution is 2.26. The van der Waals surface area contributed by atoms with Crippen molar-refractivity contribution < 1.29 is 10.0 Å². The highest BCUT2D eigenvalue weighted by molar-refractivity contribution is 5.85. The van der Waals surface area contributed by atoms with Crippen LogP contribution >= 0.6 is 0 Å². The minimum atomic E-state index is -0.299. The third kappa shape index (κ3) is 6.10. The second kappa shape index (κ2) is 10.8. The van der Waals surface area contributed by atoms with Crippen LogP contribution in [0.1, 0.15) is 46.0 Å². The molecule has 0 radical (unpaired) electrons. The third-order valence-corrected chi connectivity index (χ3v) is 5.41. The number of carbonyl (C=O) groups excluding carboxylic acids is 1. The average molecular weight is 408 g/mol. The molecule has 0 aliphatic rings. The molecule has 5 heteroatoms. The number of fused-ring (bicyclic) bond motifs is 1. The van der Waals surface area contributed by atoms with E-state index in [-0.39, 0.29) is 5.91 Å². The van der Waals surface area contributed by atoms with Crippen LogP contribution in [0.25, 0.3) is 22.0 Å². The molecule has 0 bridgehead atoms. The Morgan fingerprint density at radius 2 is 1.73 bits per heavy atom. The van der Waals surface area contributed by atoms with E-state index in [2.05, 4.69) is 72.3 Å². The summed E-state index contributed by atoms with van der Waals surface area (Å²) in [5, 5.41) is 9.77. The molecule has 5 nitrogen and oxygen atoms in total. The van der Waals surface area contributed by atoms with Crippen LogP contribution in [0.5, 0.6) is 0 Å². The largest absolute Gasteiger partial charge is 0.371 e. The van der Waals surface area contributed by atoms with Crippen LogP contribution in [0.4, 0.5) is 5.69 Å². The standard InChI is InChI=1S/C25H33N3O2/c1-19(2)18-28(16-6-4-3-5-7-25(29)27-30)23-12-10-20(11-13-23)22-9-8-21-14-15-26-24(21)17-22/h8-15,17,19,26,30H,3-7,16,18H2,1-2H3,(H,27,29). The van der Waals surface area contributed by atoms with E-state index in [0.29, 0.717) is 12.3 Å². The van der Waals surface area contributed by atoms with E-state index in [1.54, 1.807) is 5.48 Å². The maximum Gasteiger partial charge on any atom is 0.243 e. The number of nitrogens with zero attached hydrogens (tertiary/aromatic N) is 1. The predicted molar refractivity (Wildman–Crippen MR) is 124 cm³/mol. The Bertz CT molecular complexity index is 931. The fourth-order valence-electron chi connectivity index (χ4n) is 3.86. The molecule has 0 saturated heterocycles. The average Bonchev–Trinajstić information content (AvgIpc) is 3.23. The molecule has 2 aromatic carbocycles. The zero-order valence-corrected chi connectivity index (χ0v) is 18.0. The van der Waals surface area contributed by atoms with Crippen LogP contribution in [-0.2, 0) is 4.79 Å². The molecule has 3 aromatic rings. The summed E-state index contributed by atoms with van der Waals surface area (Å²) in [5.74, 6) is 0.292. The van der Waals surface area contributed by atoms with Gasteiger partial charge in [0.15, 0.2) is 0 Å². The maximum absolute atomic E-state index is 11.1. The fraction of sp³-hybridized carbons (Fsp3) is 0.400. The molecule has 0 atom stereocenters. The number of aromatic nitrogens is 1. The lowest BCUT2D eigenvalue weighted by Crippen LogP contribution is -2.28. The quantitative estimate of drug-likeness (QED) is 0.215. The van der Waals surface area contributed by atoms with Gasteiger partial charge in [-0.2, -0.15) is 0 Å². The number of hydrogen-bond donors (Lipinski definition) is 3. The summed E-state index contributed by atoms with van der Waals surface area (Å²) >= 11 is 0. The van der Waals surface area contributed by atoms with Gasteiger partial charge in [0.05, 0.1) is 0 Å². The minimum Gasteiger partial charge on any atom is -0.371 e. The van der Waals surface area contributed by atoms with Crippen molar-refractivity contribution in [1.29, 1.82) is 0 Å². The Morgan fingerprint density at radius 1 is 1.00 bits per heavy atom. The number of carbonyl (C=O) groups is 1. The highest BCUT2D eigenvalue weighted by atomic mass is 16.5. The lowest BCUT2D eigenvalue weighted by atomic mass is 10.0. The summed E-state index contributed by atoms with van der Waals surface area (Å²) in [7, 11) is 0.